The van der Waals surface area contributed by atoms with Crippen molar-refractivity contribution in [1.29, 1.82) is 0 Å². The Labute approximate surface area is 89.2 Å². The molecular weight excluding hydrogens is 188 g/mol. The average Bonchev–Trinajstić information content (AvgIpc) is 2.17. The molecule has 0 aromatic heterocycles. The first-order chi connectivity index (χ1) is 6.74. The smallest absolute Gasteiger partial charge is 0.0719 e. The largest absolute Gasteiger partial charge is 0.374 e. The topological polar surface area (TPSA) is 9.23 Å². The third-order valence-corrected chi connectivity index (χ3v) is 3.26. The van der Waals surface area contributed by atoms with Crippen LogP contribution in [-0.2, 0) is 11.3 Å². The summed E-state index contributed by atoms with van der Waals surface area (Å²) in [6, 6.07) is 8.46. The molecule has 1 atom stereocenters. The number of benzene rings is 1. The van der Waals surface area contributed by atoms with Crippen molar-refractivity contribution in [2.45, 2.75) is 26.1 Å². The SMILES string of the molecule is C=CCC(C)OCc1ccccc1[SiH3]. The van der Waals surface area contributed by atoms with Gasteiger partial charge in [-0.05, 0) is 18.9 Å². The quantitative estimate of drug-likeness (QED) is 0.519. The molecule has 2 heteroatoms. The van der Waals surface area contributed by atoms with Gasteiger partial charge >= 0.3 is 0 Å². The summed E-state index contributed by atoms with van der Waals surface area (Å²) in [6.07, 6.45) is 3.09. The van der Waals surface area contributed by atoms with Crippen LogP contribution in [0.2, 0.25) is 0 Å². The van der Waals surface area contributed by atoms with Gasteiger partial charge in [0.2, 0.25) is 0 Å². The first kappa shape index (κ1) is 11.2. The van der Waals surface area contributed by atoms with Crippen LogP contribution in [0.25, 0.3) is 0 Å². The van der Waals surface area contributed by atoms with Crippen molar-refractivity contribution in [2.24, 2.45) is 0 Å². The molecule has 0 saturated heterocycles. The number of ether oxygens (including phenoxy) is 1. The van der Waals surface area contributed by atoms with Crippen LogP contribution in [0.15, 0.2) is 36.9 Å². The third-order valence-electron chi connectivity index (χ3n) is 2.28. The highest BCUT2D eigenvalue weighted by Gasteiger charge is 2.01. The molecule has 0 aliphatic heterocycles. The molecule has 1 aromatic rings. The van der Waals surface area contributed by atoms with Crippen molar-refractivity contribution in [3.05, 3.63) is 42.5 Å². The van der Waals surface area contributed by atoms with E-state index in [0.29, 0.717) is 0 Å². The van der Waals surface area contributed by atoms with E-state index in [1.54, 1.807) is 0 Å². The Morgan fingerprint density at radius 1 is 1.50 bits per heavy atom. The lowest BCUT2D eigenvalue weighted by Crippen LogP contribution is -2.14. The summed E-state index contributed by atoms with van der Waals surface area (Å²) >= 11 is 0. The van der Waals surface area contributed by atoms with E-state index in [-0.39, 0.29) is 6.10 Å². The lowest BCUT2D eigenvalue weighted by molar-refractivity contribution is 0.0558. The van der Waals surface area contributed by atoms with Crippen LogP contribution in [0.5, 0.6) is 0 Å². The Balaban J connectivity index is 2.45. The second-order valence-corrected chi connectivity index (χ2v) is 4.65. The lowest BCUT2D eigenvalue weighted by Gasteiger charge is -2.12. The molecule has 1 unspecified atom stereocenters. The Kier molecular flexibility index (Phi) is 4.63. The normalized spacial score (nSPS) is 12.6. The van der Waals surface area contributed by atoms with Crippen LogP contribution in [0.4, 0.5) is 0 Å². The molecule has 0 amide bonds. The molecule has 1 aromatic carbocycles. The molecule has 0 bridgehead atoms. The van der Waals surface area contributed by atoms with E-state index in [1.807, 2.05) is 6.08 Å². The van der Waals surface area contributed by atoms with Gasteiger partial charge in [-0.2, -0.15) is 0 Å². The third kappa shape index (κ3) is 3.48. The zero-order valence-corrected chi connectivity index (χ0v) is 11.0. The highest BCUT2D eigenvalue weighted by Crippen LogP contribution is 2.03. The van der Waals surface area contributed by atoms with E-state index in [0.717, 1.165) is 23.3 Å². The molecule has 0 heterocycles. The second-order valence-electron chi connectivity index (χ2n) is 3.57. The molecular formula is C12H18OSi. The standard InChI is InChI=1S/C12H18OSi/c1-3-6-10(2)13-9-11-7-4-5-8-12(11)14/h3-5,7-8,10H,1,6,9H2,2,14H3. The predicted octanol–water partition coefficient (Wildman–Crippen LogP) is 1.16. The summed E-state index contributed by atoms with van der Waals surface area (Å²) in [5.41, 5.74) is 1.33. The second kappa shape index (κ2) is 5.78. The van der Waals surface area contributed by atoms with Gasteiger partial charge in [-0.25, -0.2) is 0 Å². The van der Waals surface area contributed by atoms with Crippen LogP contribution in [-0.4, -0.2) is 16.3 Å². The maximum atomic E-state index is 5.70. The van der Waals surface area contributed by atoms with E-state index in [1.165, 1.54) is 10.8 Å². The fraction of sp³-hybridized carbons (Fsp3) is 0.333. The Morgan fingerprint density at radius 2 is 2.21 bits per heavy atom. The van der Waals surface area contributed by atoms with Crippen molar-refractivity contribution >= 4 is 15.4 Å². The zero-order chi connectivity index (χ0) is 10.4. The van der Waals surface area contributed by atoms with E-state index in [4.69, 9.17) is 4.74 Å². The van der Waals surface area contributed by atoms with Crippen LogP contribution < -0.4 is 5.19 Å². The van der Waals surface area contributed by atoms with E-state index in [2.05, 4.69) is 37.8 Å². The zero-order valence-electron chi connectivity index (χ0n) is 8.99. The van der Waals surface area contributed by atoms with E-state index >= 15 is 0 Å². The van der Waals surface area contributed by atoms with Crippen molar-refractivity contribution < 1.29 is 4.74 Å². The molecule has 0 saturated carbocycles. The molecule has 76 valence electrons. The predicted molar refractivity (Wildman–Crippen MR) is 65.1 cm³/mol. The van der Waals surface area contributed by atoms with Crippen molar-refractivity contribution in [3.63, 3.8) is 0 Å². The van der Waals surface area contributed by atoms with Crippen molar-refractivity contribution in [3.8, 4) is 0 Å². The van der Waals surface area contributed by atoms with Gasteiger partial charge in [0.25, 0.3) is 0 Å². The average molecular weight is 206 g/mol. The fourth-order valence-corrected chi connectivity index (χ4v) is 1.81. The Hall–Kier alpha value is -0.863. The van der Waals surface area contributed by atoms with Gasteiger partial charge in [0, 0.05) is 10.2 Å². The van der Waals surface area contributed by atoms with E-state index < -0.39 is 0 Å². The van der Waals surface area contributed by atoms with Gasteiger partial charge in [0.05, 0.1) is 12.7 Å². The van der Waals surface area contributed by atoms with Crippen LogP contribution in [0, 0.1) is 0 Å². The Morgan fingerprint density at radius 3 is 2.86 bits per heavy atom. The van der Waals surface area contributed by atoms with E-state index in [9.17, 15) is 0 Å². The number of hydrogen-bond acceptors (Lipinski definition) is 1. The van der Waals surface area contributed by atoms with Gasteiger partial charge in [0.1, 0.15) is 0 Å². The molecule has 0 radical (unpaired) electrons. The molecule has 0 N–H and O–H groups in total. The molecule has 0 fully saturated rings. The summed E-state index contributed by atoms with van der Waals surface area (Å²) in [6.45, 7) is 6.51. The lowest BCUT2D eigenvalue weighted by atomic mass is 10.2. The highest BCUT2D eigenvalue weighted by atomic mass is 28.1. The van der Waals surface area contributed by atoms with Gasteiger partial charge in [-0.3, -0.25) is 0 Å². The van der Waals surface area contributed by atoms with Crippen LogP contribution >= 0.6 is 0 Å². The minimum atomic E-state index is 0.272. The van der Waals surface area contributed by atoms with Crippen LogP contribution in [0.1, 0.15) is 18.9 Å². The van der Waals surface area contributed by atoms with Crippen molar-refractivity contribution in [1.82, 2.24) is 0 Å². The first-order valence-electron chi connectivity index (χ1n) is 5.01. The molecule has 14 heavy (non-hydrogen) atoms. The minimum absolute atomic E-state index is 0.272. The van der Waals surface area contributed by atoms with Gasteiger partial charge in [0.15, 0.2) is 0 Å². The summed E-state index contributed by atoms with van der Waals surface area (Å²) < 4.78 is 5.70. The molecule has 0 aliphatic rings. The molecule has 0 aliphatic carbocycles. The van der Waals surface area contributed by atoms with Crippen molar-refractivity contribution in [2.75, 3.05) is 0 Å². The Bertz CT molecular complexity index is 296. The maximum absolute atomic E-state index is 5.70. The monoisotopic (exact) mass is 206 g/mol. The number of hydrogen-bond donors (Lipinski definition) is 0. The summed E-state index contributed by atoms with van der Waals surface area (Å²) in [5.74, 6) is 0. The van der Waals surface area contributed by atoms with Crippen LogP contribution in [0.3, 0.4) is 0 Å². The molecule has 1 nitrogen and oxygen atoms in total. The minimum Gasteiger partial charge on any atom is -0.374 e. The summed E-state index contributed by atoms with van der Waals surface area (Å²) in [4.78, 5) is 0. The number of rotatable bonds is 5. The summed E-state index contributed by atoms with van der Waals surface area (Å²) in [5, 5.41) is 1.43. The first-order valence-corrected chi connectivity index (χ1v) is 6.01. The summed E-state index contributed by atoms with van der Waals surface area (Å²) in [7, 11) is 1.09. The fourth-order valence-electron chi connectivity index (χ4n) is 1.31. The maximum Gasteiger partial charge on any atom is 0.0719 e. The van der Waals surface area contributed by atoms with Gasteiger partial charge in [-0.15, -0.1) is 6.58 Å². The molecule has 0 spiro atoms. The van der Waals surface area contributed by atoms with Gasteiger partial charge < -0.3 is 4.74 Å². The molecule has 1 rings (SSSR count). The van der Waals surface area contributed by atoms with Gasteiger partial charge in [-0.1, -0.05) is 35.5 Å². The highest BCUT2D eigenvalue weighted by molar-refractivity contribution is 6.33.